The molecule has 2 aromatic heterocycles. The first kappa shape index (κ1) is 23.8. The van der Waals surface area contributed by atoms with Crippen molar-refractivity contribution in [1.29, 1.82) is 0 Å². The summed E-state index contributed by atoms with van der Waals surface area (Å²) in [5.41, 5.74) is 6.62. The third kappa shape index (κ3) is 4.89. The van der Waals surface area contributed by atoms with Crippen molar-refractivity contribution in [3.05, 3.63) is 96.1 Å². The monoisotopic (exact) mass is 518 g/mol. The number of aromatic nitrogens is 2. The smallest absolute Gasteiger partial charge is 0.626 e. The van der Waals surface area contributed by atoms with Crippen LogP contribution in [0.1, 0.15) is 11.1 Å². The Kier molecular flexibility index (Phi) is 6.72. The van der Waals surface area contributed by atoms with E-state index in [9.17, 15) is 0 Å². The lowest BCUT2D eigenvalue weighted by Crippen LogP contribution is -2.17. The molecule has 178 valence electrons. The van der Waals surface area contributed by atoms with E-state index in [4.69, 9.17) is 19.3 Å². The van der Waals surface area contributed by atoms with Crippen LogP contribution in [0.3, 0.4) is 0 Å². The number of fused-ring (bicyclic) bond motifs is 2. The zero-order valence-corrected chi connectivity index (χ0v) is 22.5. The minimum Gasteiger partial charge on any atom is -0.626 e. The Morgan fingerprint density at radius 2 is 1.03 bits per heavy atom. The van der Waals surface area contributed by atoms with Gasteiger partial charge in [0.15, 0.2) is 11.2 Å². The van der Waals surface area contributed by atoms with E-state index in [0.717, 1.165) is 44.5 Å². The van der Waals surface area contributed by atoms with Crippen LogP contribution in [0.25, 0.3) is 45.1 Å². The number of nitrogens with zero attached hydrogens (tertiary/aromatic N) is 2. The second kappa shape index (κ2) is 10.4. The lowest BCUT2D eigenvalue weighted by Gasteiger charge is -2.15. The molecular formula is C28H20Al2N2O5. The van der Waals surface area contributed by atoms with Gasteiger partial charge in [-0.25, -0.2) is 9.97 Å². The van der Waals surface area contributed by atoms with Crippen LogP contribution in [0.15, 0.2) is 93.8 Å². The summed E-state index contributed by atoms with van der Waals surface area (Å²) >= 11 is -1.64. The third-order valence-corrected chi connectivity index (χ3v) is 7.47. The largest absolute Gasteiger partial charge is 0.743 e. The van der Waals surface area contributed by atoms with Crippen LogP contribution < -0.4 is 7.58 Å². The van der Waals surface area contributed by atoms with E-state index in [0.29, 0.717) is 23.3 Å². The topological polar surface area (TPSA) is 79.8 Å². The summed E-state index contributed by atoms with van der Waals surface area (Å²) < 4.78 is 30.0. The quantitative estimate of drug-likeness (QED) is 0.169. The maximum Gasteiger partial charge on any atom is 0.743 e. The molecule has 0 aliphatic heterocycles. The number of para-hydroxylation sites is 6. The highest BCUT2D eigenvalue weighted by atomic mass is 27.3. The fourth-order valence-corrected chi connectivity index (χ4v) is 5.55. The molecule has 0 aliphatic rings. The van der Waals surface area contributed by atoms with Gasteiger partial charge in [-0.2, -0.15) is 0 Å². The normalized spacial score (nSPS) is 11.1. The summed E-state index contributed by atoms with van der Waals surface area (Å²) in [5.74, 6) is 2.44. The lowest BCUT2D eigenvalue weighted by atomic mass is 10.1. The average molecular weight is 518 g/mol. The number of aryl methyl sites for hydroxylation is 2. The lowest BCUT2D eigenvalue weighted by molar-refractivity contribution is 0.415. The van der Waals surface area contributed by atoms with Crippen molar-refractivity contribution in [2.75, 3.05) is 0 Å². The SMILES string of the molecule is Cc1cccc(-c2nc3ccccc3o2)c1[O][Al][O][Al][O]c1c(C)cccc1-c1nc2ccccc2o1. The average Bonchev–Trinajstić information content (AvgIpc) is 3.54. The highest BCUT2D eigenvalue weighted by Crippen LogP contribution is 2.35. The van der Waals surface area contributed by atoms with Crippen molar-refractivity contribution in [2.45, 2.75) is 13.8 Å². The molecule has 9 heteroatoms. The number of hydrogen-bond donors (Lipinski definition) is 0. The highest BCUT2D eigenvalue weighted by molar-refractivity contribution is 6.35. The first-order valence-electron chi connectivity index (χ1n) is 11.7. The standard InChI is InChI=1S/2C14H11NO2.2Al.O/c2*1-9-5-4-6-10(13(9)16)14-15-11-7-2-3-8-12(11)17-14;;;/h2*2-8,16H,1H3;;;/q;;2*+1;/p-2. The van der Waals surface area contributed by atoms with Crippen LogP contribution in [0.5, 0.6) is 11.5 Å². The Morgan fingerprint density at radius 3 is 1.49 bits per heavy atom. The van der Waals surface area contributed by atoms with E-state index >= 15 is 0 Å². The van der Waals surface area contributed by atoms with E-state index < -0.39 is 31.8 Å². The fraction of sp³-hybridized carbons (Fsp3) is 0.0714. The van der Waals surface area contributed by atoms with E-state index in [2.05, 4.69) is 9.97 Å². The molecule has 0 unspecified atom stereocenters. The molecule has 0 fully saturated rings. The molecule has 37 heavy (non-hydrogen) atoms. The molecule has 0 amide bonds. The predicted molar refractivity (Wildman–Crippen MR) is 142 cm³/mol. The molecule has 7 nitrogen and oxygen atoms in total. The number of oxazole rings is 2. The highest BCUT2D eigenvalue weighted by Gasteiger charge is 2.19. The zero-order chi connectivity index (χ0) is 25.2. The van der Waals surface area contributed by atoms with Crippen LogP contribution in [0, 0.1) is 13.8 Å². The maximum absolute atomic E-state index is 6.11. The number of benzene rings is 4. The molecule has 0 aliphatic carbocycles. The van der Waals surface area contributed by atoms with Crippen molar-refractivity contribution in [1.82, 2.24) is 9.97 Å². The zero-order valence-electron chi connectivity index (χ0n) is 20.2. The second-order valence-corrected chi connectivity index (χ2v) is 10.4. The second-order valence-electron chi connectivity index (χ2n) is 8.44. The van der Waals surface area contributed by atoms with Crippen LogP contribution in [-0.2, 0) is 2.84 Å². The van der Waals surface area contributed by atoms with Crippen LogP contribution in [0.2, 0.25) is 0 Å². The van der Waals surface area contributed by atoms with Gasteiger partial charge in [0, 0.05) is 0 Å². The van der Waals surface area contributed by atoms with Gasteiger partial charge in [-0.15, -0.1) is 0 Å². The Hall–Kier alpha value is -3.56. The van der Waals surface area contributed by atoms with Gasteiger partial charge in [0.2, 0.25) is 11.8 Å². The van der Waals surface area contributed by atoms with Gasteiger partial charge in [0.05, 0.1) is 22.6 Å². The summed E-state index contributed by atoms with van der Waals surface area (Å²) in [6.07, 6.45) is 0. The molecule has 6 rings (SSSR count). The molecule has 0 spiro atoms. The molecule has 4 aromatic carbocycles. The Balaban J connectivity index is 1.15. The molecule has 0 saturated heterocycles. The van der Waals surface area contributed by atoms with E-state index in [1.54, 1.807) is 0 Å². The van der Waals surface area contributed by atoms with Gasteiger partial charge in [-0.1, -0.05) is 48.5 Å². The molecule has 0 saturated carbocycles. The molecular weight excluding hydrogens is 498 g/mol. The van der Waals surface area contributed by atoms with E-state index in [1.165, 1.54) is 0 Å². The summed E-state index contributed by atoms with van der Waals surface area (Å²) in [6.45, 7) is 3.98. The third-order valence-electron chi connectivity index (χ3n) is 5.92. The maximum atomic E-state index is 6.11. The van der Waals surface area contributed by atoms with Crippen molar-refractivity contribution in [3.63, 3.8) is 0 Å². The first-order valence-corrected chi connectivity index (χ1v) is 13.6. The van der Waals surface area contributed by atoms with Crippen molar-refractivity contribution in [2.24, 2.45) is 0 Å². The summed E-state index contributed by atoms with van der Waals surface area (Å²) in [7, 11) is 0. The van der Waals surface area contributed by atoms with E-state index in [1.807, 2.05) is 98.8 Å². The van der Waals surface area contributed by atoms with Gasteiger partial charge in [-0.05, 0) is 61.4 Å². The van der Waals surface area contributed by atoms with Crippen LogP contribution in [-0.4, -0.2) is 41.7 Å². The minimum atomic E-state index is -0.820. The van der Waals surface area contributed by atoms with Gasteiger partial charge in [-0.3, -0.25) is 0 Å². The summed E-state index contributed by atoms with van der Waals surface area (Å²) in [6, 6.07) is 27.2. The fourth-order valence-electron chi connectivity index (χ4n) is 4.10. The number of hydrogen-bond acceptors (Lipinski definition) is 7. The molecule has 6 aromatic rings. The molecule has 0 atom stereocenters. The van der Waals surface area contributed by atoms with Gasteiger partial charge >= 0.3 is 31.8 Å². The molecule has 2 radical (unpaired) electrons. The van der Waals surface area contributed by atoms with Crippen molar-refractivity contribution in [3.8, 4) is 34.4 Å². The molecule has 0 N–H and O–H groups in total. The van der Waals surface area contributed by atoms with Crippen LogP contribution >= 0.6 is 0 Å². The molecule has 0 bridgehead atoms. The van der Waals surface area contributed by atoms with E-state index in [-0.39, 0.29) is 0 Å². The van der Waals surface area contributed by atoms with Crippen LogP contribution in [0.4, 0.5) is 0 Å². The summed E-state index contributed by atoms with van der Waals surface area (Å²) in [5, 5.41) is 0. The molecule has 2 heterocycles. The first-order chi connectivity index (χ1) is 18.2. The Morgan fingerprint density at radius 1 is 0.568 bits per heavy atom. The Labute approximate surface area is 226 Å². The van der Waals surface area contributed by atoms with Crippen molar-refractivity contribution >= 4 is 54.0 Å². The summed E-state index contributed by atoms with van der Waals surface area (Å²) in [4.78, 5) is 9.24. The number of rotatable bonds is 8. The van der Waals surface area contributed by atoms with Gasteiger partial charge in [0.1, 0.15) is 11.0 Å². The van der Waals surface area contributed by atoms with Gasteiger partial charge < -0.3 is 19.3 Å². The van der Waals surface area contributed by atoms with Crippen molar-refractivity contribution < 1.29 is 19.3 Å². The van der Waals surface area contributed by atoms with Gasteiger partial charge in [0.25, 0.3) is 0 Å². The predicted octanol–water partition coefficient (Wildman–Crippen LogP) is 6.46. The Bertz CT molecular complexity index is 1520. The minimum absolute atomic E-state index is 0.519.